The molecule has 0 spiro atoms. The summed E-state index contributed by atoms with van der Waals surface area (Å²) in [5, 5.41) is 4.04. The van der Waals surface area contributed by atoms with Gasteiger partial charge in [-0.3, -0.25) is 0 Å². The van der Waals surface area contributed by atoms with Crippen molar-refractivity contribution in [1.29, 1.82) is 0 Å². The van der Waals surface area contributed by atoms with E-state index in [9.17, 15) is 4.39 Å². The van der Waals surface area contributed by atoms with E-state index in [1.165, 1.54) is 18.9 Å². The minimum atomic E-state index is -0.421. The topological polar surface area (TPSA) is 12.0 Å². The van der Waals surface area contributed by atoms with E-state index in [1.54, 1.807) is 6.07 Å². The van der Waals surface area contributed by atoms with Gasteiger partial charge in [-0.15, -0.1) is 0 Å². The van der Waals surface area contributed by atoms with E-state index in [1.807, 2.05) is 18.7 Å². The molecule has 0 bridgehead atoms. The molecule has 0 aliphatic heterocycles. The Balaban J connectivity index is 2.09. The lowest BCUT2D eigenvalue weighted by atomic mass is 10.1. The first-order valence-corrected chi connectivity index (χ1v) is 7.89. The molecule has 1 saturated carbocycles. The quantitative estimate of drug-likeness (QED) is 0.793. The highest BCUT2D eigenvalue weighted by Gasteiger charge is 2.41. The summed E-state index contributed by atoms with van der Waals surface area (Å²) in [6.07, 6.45) is 4.60. The highest BCUT2D eigenvalue weighted by atomic mass is 35.5. The minimum absolute atomic E-state index is 0.0506. The number of hydrogen-bond donors (Lipinski definition) is 1. The molecule has 1 aliphatic rings. The molecule has 0 heterocycles. The molecule has 0 saturated heterocycles. The third kappa shape index (κ3) is 2.96. The molecule has 0 amide bonds. The second-order valence-electron chi connectivity index (χ2n) is 4.75. The number of nitrogens with one attached hydrogen (secondary N) is 1. The Hall–Kier alpha value is 0.0400. The Morgan fingerprint density at radius 1 is 1.44 bits per heavy atom. The van der Waals surface area contributed by atoms with E-state index in [0.717, 1.165) is 6.54 Å². The fourth-order valence-electron chi connectivity index (χ4n) is 1.97. The maximum atomic E-state index is 13.4. The zero-order chi connectivity index (χ0) is 13.3. The Labute approximate surface area is 121 Å². The van der Waals surface area contributed by atoms with Crippen molar-refractivity contribution in [2.75, 3.05) is 12.8 Å². The maximum absolute atomic E-state index is 13.4. The van der Waals surface area contributed by atoms with Gasteiger partial charge in [0, 0.05) is 27.9 Å². The van der Waals surface area contributed by atoms with Gasteiger partial charge in [-0.1, -0.05) is 23.2 Å². The molecular weight excluding hydrogens is 292 g/mol. The van der Waals surface area contributed by atoms with Gasteiger partial charge in [-0.25, -0.2) is 4.39 Å². The molecule has 0 aromatic heterocycles. The van der Waals surface area contributed by atoms with Crippen LogP contribution in [-0.4, -0.2) is 17.5 Å². The largest absolute Gasteiger partial charge is 0.309 e. The maximum Gasteiger partial charge on any atom is 0.142 e. The standard InChI is InChI=1S/C13H16Cl2FNS/c1-8(17-7-13(18-2)5-6-13)11-9(14)3-4-10(16)12(11)15/h3-4,8,17H,5-7H2,1-2H3. The van der Waals surface area contributed by atoms with Gasteiger partial charge in [0.15, 0.2) is 0 Å². The summed E-state index contributed by atoms with van der Waals surface area (Å²) >= 11 is 14.0. The first-order chi connectivity index (χ1) is 8.49. The van der Waals surface area contributed by atoms with Crippen LogP contribution >= 0.6 is 35.0 Å². The fraction of sp³-hybridized carbons (Fsp3) is 0.538. The number of hydrogen-bond acceptors (Lipinski definition) is 2. The van der Waals surface area contributed by atoms with Crippen molar-refractivity contribution in [2.45, 2.75) is 30.6 Å². The van der Waals surface area contributed by atoms with Crippen LogP contribution in [0.2, 0.25) is 10.0 Å². The minimum Gasteiger partial charge on any atom is -0.309 e. The first-order valence-electron chi connectivity index (χ1n) is 5.91. The molecule has 1 aromatic carbocycles. The summed E-state index contributed by atoms with van der Waals surface area (Å²) in [6.45, 7) is 2.86. The summed E-state index contributed by atoms with van der Waals surface area (Å²) in [5.41, 5.74) is 0.648. The molecule has 1 aliphatic carbocycles. The summed E-state index contributed by atoms with van der Waals surface area (Å²) in [5.74, 6) is -0.421. The van der Waals surface area contributed by atoms with E-state index in [-0.39, 0.29) is 11.1 Å². The molecule has 100 valence electrons. The summed E-state index contributed by atoms with van der Waals surface area (Å²) in [4.78, 5) is 0. The van der Waals surface area contributed by atoms with Gasteiger partial charge in [0.25, 0.3) is 0 Å². The summed E-state index contributed by atoms with van der Waals surface area (Å²) in [7, 11) is 0. The van der Waals surface area contributed by atoms with E-state index < -0.39 is 5.82 Å². The number of rotatable bonds is 5. The van der Waals surface area contributed by atoms with E-state index in [2.05, 4.69) is 11.6 Å². The second kappa shape index (κ2) is 5.58. The van der Waals surface area contributed by atoms with Crippen molar-refractivity contribution in [3.63, 3.8) is 0 Å². The van der Waals surface area contributed by atoms with Gasteiger partial charge in [-0.2, -0.15) is 11.8 Å². The third-order valence-corrected chi connectivity index (χ3v) is 5.62. The molecule has 18 heavy (non-hydrogen) atoms. The highest BCUT2D eigenvalue weighted by Crippen LogP contribution is 2.47. The smallest absolute Gasteiger partial charge is 0.142 e. The number of thioether (sulfide) groups is 1. The Morgan fingerprint density at radius 2 is 2.11 bits per heavy atom. The molecule has 1 atom stereocenters. The Morgan fingerprint density at radius 3 is 2.67 bits per heavy atom. The predicted octanol–water partition coefficient (Wildman–Crippen LogP) is 4.68. The lowest BCUT2D eigenvalue weighted by Crippen LogP contribution is -2.28. The zero-order valence-corrected chi connectivity index (χ0v) is 12.7. The van der Waals surface area contributed by atoms with Crippen LogP contribution in [0.5, 0.6) is 0 Å². The van der Waals surface area contributed by atoms with Crippen LogP contribution in [0.4, 0.5) is 4.39 Å². The van der Waals surface area contributed by atoms with Crippen molar-refractivity contribution in [3.05, 3.63) is 33.6 Å². The van der Waals surface area contributed by atoms with Gasteiger partial charge < -0.3 is 5.32 Å². The van der Waals surface area contributed by atoms with E-state index in [0.29, 0.717) is 15.3 Å². The molecule has 2 rings (SSSR count). The first kappa shape index (κ1) is 14.4. The van der Waals surface area contributed by atoms with Gasteiger partial charge in [0.05, 0.1) is 5.02 Å². The lowest BCUT2D eigenvalue weighted by Gasteiger charge is -2.20. The predicted molar refractivity (Wildman–Crippen MR) is 78.3 cm³/mol. The van der Waals surface area contributed by atoms with Gasteiger partial charge in [0.2, 0.25) is 0 Å². The Bertz CT molecular complexity index is 449. The molecule has 1 aromatic rings. The van der Waals surface area contributed by atoms with Crippen LogP contribution in [0.3, 0.4) is 0 Å². The average Bonchev–Trinajstić information content (AvgIpc) is 3.13. The monoisotopic (exact) mass is 307 g/mol. The molecule has 1 unspecified atom stereocenters. The van der Waals surface area contributed by atoms with Crippen LogP contribution in [0, 0.1) is 5.82 Å². The second-order valence-corrected chi connectivity index (χ2v) is 6.81. The van der Waals surface area contributed by atoms with E-state index in [4.69, 9.17) is 23.2 Å². The van der Waals surface area contributed by atoms with Gasteiger partial charge in [0.1, 0.15) is 5.82 Å². The lowest BCUT2D eigenvalue weighted by molar-refractivity contribution is 0.556. The molecule has 1 N–H and O–H groups in total. The summed E-state index contributed by atoms with van der Waals surface area (Å²) < 4.78 is 13.8. The van der Waals surface area contributed by atoms with E-state index >= 15 is 0 Å². The van der Waals surface area contributed by atoms with Crippen LogP contribution < -0.4 is 5.32 Å². The summed E-state index contributed by atoms with van der Waals surface area (Å²) in [6, 6.07) is 2.80. The SMILES string of the molecule is CSC1(CNC(C)c2c(Cl)ccc(F)c2Cl)CC1. The van der Waals surface area contributed by atoms with Crippen LogP contribution in [0.25, 0.3) is 0 Å². The van der Waals surface area contributed by atoms with Crippen LogP contribution in [-0.2, 0) is 0 Å². The fourth-order valence-corrected chi connectivity index (χ4v) is 3.41. The average molecular weight is 308 g/mol. The van der Waals surface area contributed by atoms with Gasteiger partial charge >= 0.3 is 0 Å². The van der Waals surface area contributed by atoms with Gasteiger partial charge in [-0.05, 0) is 38.2 Å². The third-order valence-electron chi connectivity index (χ3n) is 3.48. The Kier molecular flexibility index (Phi) is 4.48. The molecule has 1 nitrogen and oxygen atoms in total. The number of benzene rings is 1. The highest BCUT2D eigenvalue weighted by molar-refractivity contribution is 8.00. The number of halogens is 3. The van der Waals surface area contributed by atoms with Crippen LogP contribution in [0.15, 0.2) is 12.1 Å². The van der Waals surface area contributed by atoms with Crippen molar-refractivity contribution < 1.29 is 4.39 Å². The molecule has 1 fully saturated rings. The molecular formula is C13H16Cl2FNS. The van der Waals surface area contributed by atoms with Crippen molar-refractivity contribution in [2.24, 2.45) is 0 Å². The van der Waals surface area contributed by atoms with Crippen molar-refractivity contribution in [1.82, 2.24) is 5.32 Å². The zero-order valence-electron chi connectivity index (χ0n) is 10.4. The normalized spacial score (nSPS) is 18.7. The van der Waals surface area contributed by atoms with Crippen molar-refractivity contribution >= 4 is 35.0 Å². The van der Waals surface area contributed by atoms with Crippen LogP contribution in [0.1, 0.15) is 31.4 Å². The van der Waals surface area contributed by atoms with Crippen molar-refractivity contribution in [3.8, 4) is 0 Å². The molecule has 0 radical (unpaired) electrons. The molecule has 5 heteroatoms.